The number of hydrogen-bond donors (Lipinski definition) is 2. The van der Waals surface area contributed by atoms with E-state index in [4.69, 9.17) is 0 Å². The Labute approximate surface area is 140 Å². The molecule has 4 nitrogen and oxygen atoms in total. The molecule has 2 aromatic carbocycles. The molecule has 0 radical (unpaired) electrons. The Kier molecular flexibility index (Phi) is 6.69. The Morgan fingerprint density at radius 3 is 2.26 bits per heavy atom. The van der Waals surface area contributed by atoms with E-state index in [2.05, 4.69) is 22.8 Å². The van der Waals surface area contributed by atoms with Gasteiger partial charge in [-0.3, -0.25) is 9.59 Å². The number of rotatable bonds is 7. The minimum atomic E-state index is -0.0286. The Hall–Kier alpha value is -2.27. The van der Waals surface area contributed by atoms with Crippen molar-refractivity contribution in [1.29, 1.82) is 0 Å². The highest BCUT2D eigenvalue weighted by molar-refractivity contribution is 7.99. The van der Waals surface area contributed by atoms with E-state index in [9.17, 15) is 9.59 Å². The van der Waals surface area contributed by atoms with Crippen molar-refractivity contribution in [3.8, 4) is 0 Å². The smallest absolute Gasteiger partial charge is 0.234 e. The van der Waals surface area contributed by atoms with Gasteiger partial charge in [0, 0.05) is 18.5 Å². The number of anilines is 1. The van der Waals surface area contributed by atoms with Crippen LogP contribution in [-0.2, 0) is 21.8 Å². The molecule has 2 N–H and O–H groups in total. The summed E-state index contributed by atoms with van der Waals surface area (Å²) in [5.41, 5.74) is 2.88. The van der Waals surface area contributed by atoms with Gasteiger partial charge in [0.25, 0.3) is 0 Å². The molecular weight excluding hydrogens is 308 g/mol. The molecule has 0 spiro atoms. The van der Waals surface area contributed by atoms with Gasteiger partial charge in [-0.05, 0) is 23.3 Å². The lowest BCUT2D eigenvalue weighted by Gasteiger charge is -2.07. The normalized spacial score (nSPS) is 10.1. The summed E-state index contributed by atoms with van der Waals surface area (Å²) < 4.78 is 0. The van der Waals surface area contributed by atoms with Crippen LogP contribution in [0.15, 0.2) is 54.6 Å². The van der Waals surface area contributed by atoms with Gasteiger partial charge in [0.1, 0.15) is 0 Å². The first-order chi connectivity index (χ1) is 11.2. The number of thioether (sulfide) groups is 1. The van der Waals surface area contributed by atoms with Crippen molar-refractivity contribution in [2.75, 3.05) is 18.1 Å². The predicted octanol–water partition coefficient (Wildman–Crippen LogP) is 2.85. The van der Waals surface area contributed by atoms with Gasteiger partial charge >= 0.3 is 0 Å². The largest absolute Gasteiger partial charge is 0.359 e. The van der Waals surface area contributed by atoms with E-state index in [-0.39, 0.29) is 11.8 Å². The van der Waals surface area contributed by atoms with E-state index in [1.165, 1.54) is 5.56 Å². The Bertz CT molecular complexity index is 642. The number of hydrogen-bond acceptors (Lipinski definition) is 3. The highest BCUT2D eigenvalue weighted by atomic mass is 32.2. The van der Waals surface area contributed by atoms with Crippen molar-refractivity contribution in [3.63, 3.8) is 0 Å². The molecule has 0 bridgehead atoms. The molecule has 0 aliphatic carbocycles. The molecule has 2 amide bonds. The van der Waals surface area contributed by atoms with E-state index in [0.717, 1.165) is 17.0 Å². The first-order valence-electron chi connectivity index (χ1n) is 7.38. The average molecular weight is 328 g/mol. The molecule has 0 atom stereocenters. The van der Waals surface area contributed by atoms with E-state index in [1.807, 2.05) is 42.5 Å². The standard InChI is InChI=1S/C18H20N2O2S/c1-19-17(21)11-14-7-9-16(10-8-14)20-18(22)13-23-12-15-5-3-2-4-6-15/h2-10H,11-13H2,1H3,(H,19,21)(H,20,22). The fraction of sp³-hybridized carbons (Fsp3) is 0.222. The first kappa shape index (κ1) is 17.1. The highest BCUT2D eigenvalue weighted by Crippen LogP contribution is 2.14. The fourth-order valence-electron chi connectivity index (χ4n) is 2.01. The number of amides is 2. The van der Waals surface area contributed by atoms with Crippen LogP contribution in [0.5, 0.6) is 0 Å². The molecule has 0 aliphatic heterocycles. The quantitative estimate of drug-likeness (QED) is 0.822. The van der Waals surface area contributed by atoms with Crippen molar-refractivity contribution in [2.24, 2.45) is 0 Å². The molecule has 0 aliphatic rings. The third-order valence-electron chi connectivity index (χ3n) is 3.23. The summed E-state index contributed by atoms with van der Waals surface area (Å²) in [6, 6.07) is 17.4. The van der Waals surface area contributed by atoms with E-state index < -0.39 is 0 Å². The molecule has 0 fully saturated rings. The summed E-state index contributed by atoms with van der Waals surface area (Å²) in [6.07, 6.45) is 0.345. The van der Waals surface area contributed by atoms with Crippen LogP contribution in [-0.4, -0.2) is 24.6 Å². The second kappa shape index (κ2) is 9.00. The SMILES string of the molecule is CNC(=O)Cc1ccc(NC(=O)CSCc2ccccc2)cc1. The van der Waals surface area contributed by atoms with Crippen molar-refractivity contribution < 1.29 is 9.59 Å². The predicted molar refractivity (Wildman–Crippen MR) is 95.4 cm³/mol. The van der Waals surface area contributed by atoms with Crippen LogP contribution >= 0.6 is 11.8 Å². The van der Waals surface area contributed by atoms with Crippen LogP contribution in [0.4, 0.5) is 5.69 Å². The van der Waals surface area contributed by atoms with Crippen LogP contribution in [0, 0.1) is 0 Å². The number of nitrogens with one attached hydrogen (secondary N) is 2. The summed E-state index contributed by atoms with van der Waals surface area (Å²) >= 11 is 1.58. The molecule has 23 heavy (non-hydrogen) atoms. The lowest BCUT2D eigenvalue weighted by atomic mass is 10.1. The molecule has 0 unspecified atom stereocenters. The van der Waals surface area contributed by atoms with Gasteiger partial charge in [0.05, 0.1) is 12.2 Å². The molecule has 2 rings (SSSR count). The topological polar surface area (TPSA) is 58.2 Å². The lowest BCUT2D eigenvalue weighted by molar-refractivity contribution is -0.120. The molecule has 0 saturated carbocycles. The van der Waals surface area contributed by atoms with Crippen molar-refractivity contribution in [2.45, 2.75) is 12.2 Å². The van der Waals surface area contributed by atoms with Gasteiger partial charge in [0.2, 0.25) is 11.8 Å². The Morgan fingerprint density at radius 1 is 0.913 bits per heavy atom. The van der Waals surface area contributed by atoms with Crippen LogP contribution in [0.25, 0.3) is 0 Å². The van der Waals surface area contributed by atoms with Gasteiger partial charge in [0.15, 0.2) is 0 Å². The van der Waals surface area contributed by atoms with Gasteiger partial charge < -0.3 is 10.6 Å². The second-order valence-corrected chi connectivity index (χ2v) is 6.06. The van der Waals surface area contributed by atoms with Crippen LogP contribution in [0.3, 0.4) is 0 Å². The molecule has 5 heteroatoms. The first-order valence-corrected chi connectivity index (χ1v) is 8.54. The zero-order valence-corrected chi connectivity index (χ0v) is 13.9. The minimum absolute atomic E-state index is 0.0232. The van der Waals surface area contributed by atoms with E-state index in [1.54, 1.807) is 18.8 Å². The van der Waals surface area contributed by atoms with Crippen LogP contribution < -0.4 is 10.6 Å². The Morgan fingerprint density at radius 2 is 1.61 bits per heavy atom. The number of benzene rings is 2. The molecule has 2 aromatic rings. The maximum atomic E-state index is 11.9. The molecule has 0 saturated heterocycles. The monoisotopic (exact) mass is 328 g/mol. The van der Waals surface area contributed by atoms with Crippen LogP contribution in [0.2, 0.25) is 0 Å². The van der Waals surface area contributed by atoms with Crippen molar-refractivity contribution in [3.05, 3.63) is 65.7 Å². The maximum absolute atomic E-state index is 11.9. The third-order valence-corrected chi connectivity index (χ3v) is 4.23. The Balaban J connectivity index is 1.75. The summed E-state index contributed by atoms with van der Waals surface area (Å²) in [5.74, 6) is 1.18. The zero-order chi connectivity index (χ0) is 16.5. The molecule has 0 heterocycles. The highest BCUT2D eigenvalue weighted by Gasteiger charge is 2.04. The summed E-state index contributed by atoms with van der Waals surface area (Å²) in [7, 11) is 1.62. The minimum Gasteiger partial charge on any atom is -0.359 e. The van der Waals surface area contributed by atoms with Gasteiger partial charge in [-0.2, -0.15) is 0 Å². The molecule has 120 valence electrons. The zero-order valence-electron chi connectivity index (χ0n) is 13.0. The molecular formula is C18H20N2O2S. The second-order valence-electron chi connectivity index (χ2n) is 5.07. The third kappa shape index (κ3) is 6.16. The van der Waals surface area contributed by atoms with E-state index >= 15 is 0 Å². The van der Waals surface area contributed by atoms with E-state index in [0.29, 0.717) is 12.2 Å². The number of likely N-dealkylation sites (N-methyl/N-ethyl adjacent to an activating group) is 1. The van der Waals surface area contributed by atoms with Crippen molar-refractivity contribution >= 4 is 29.3 Å². The number of carbonyl (C=O) groups excluding carboxylic acids is 2. The van der Waals surface area contributed by atoms with Crippen LogP contribution in [0.1, 0.15) is 11.1 Å². The van der Waals surface area contributed by atoms with Crippen molar-refractivity contribution in [1.82, 2.24) is 5.32 Å². The average Bonchev–Trinajstić information content (AvgIpc) is 2.57. The van der Waals surface area contributed by atoms with Gasteiger partial charge in [-0.1, -0.05) is 42.5 Å². The number of carbonyl (C=O) groups is 2. The fourth-order valence-corrected chi connectivity index (χ4v) is 2.80. The van der Waals surface area contributed by atoms with Gasteiger partial charge in [-0.15, -0.1) is 11.8 Å². The summed E-state index contributed by atoms with van der Waals surface area (Å²) in [4.78, 5) is 23.2. The van der Waals surface area contributed by atoms with Gasteiger partial charge in [-0.25, -0.2) is 0 Å². The lowest BCUT2D eigenvalue weighted by Crippen LogP contribution is -2.20. The summed E-state index contributed by atoms with van der Waals surface area (Å²) in [6.45, 7) is 0. The summed E-state index contributed by atoms with van der Waals surface area (Å²) in [5, 5.41) is 5.45. The maximum Gasteiger partial charge on any atom is 0.234 e. The molecule has 0 aromatic heterocycles.